The number of carboxylic acid groups (broad SMARTS) is 1. The van der Waals surface area contributed by atoms with Crippen molar-refractivity contribution in [3.05, 3.63) is 70.7 Å². The number of hydrogen-bond acceptors (Lipinski definition) is 2. The van der Waals surface area contributed by atoms with E-state index in [1.807, 2.05) is 30.3 Å². The van der Waals surface area contributed by atoms with Gasteiger partial charge in [0, 0.05) is 16.6 Å². The molecular weight excluding hydrogens is 386 g/mol. The van der Waals surface area contributed by atoms with E-state index in [1.54, 1.807) is 24.3 Å². The van der Waals surface area contributed by atoms with E-state index in [-0.39, 0.29) is 17.9 Å². The van der Waals surface area contributed by atoms with E-state index in [0.717, 1.165) is 24.8 Å². The average Bonchev–Trinajstić information content (AvgIpc) is 3.20. The first-order valence-electron chi connectivity index (χ1n) is 10.3. The van der Waals surface area contributed by atoms with Crippen LogP contribution in [0.2, 0.25) is 5.02 Å². The van der Waals surface area contributed by atoms with Gasteiger partial charge in [-0.05, 0) is 72.8 Å². The van der Waals surface area contributed by atoms with Crippen LogP contribution in [0.3, 0.4) is 0 Å². The largest absolute Gasteiger partial charge is 0.481 e. The van der Waals surface area contributed by atoms with Gasteiger partial charge in [-0.3, -0.25) is 9.59 Å². The number of carbonyl (C=O) groups is 2. The fourth-order valence-corrected chi connectivity index (χ4v) is 5.53. The van der Waals surface area contributed by atoms with Crippen molar-refractivity contribution in [1.29, 1.82) is 0 Å². The number of hydrogen-bond donors (Lipinski definition) is 2. The molecule has 6 atom stereocenters. The topological polar surface area (TPSA) is 66.4 Å². The van der Waals surface area contributed by atoms with Crippen molar-refractivity contribution in [3.8, 4) is 0 Å². The van der Waals surface area contributed by atoms with Crippen molar-refractivity contribution in [2.45, 2.75) is 38.1 Å². The second kappa shape index (κ2) is 8.19. The van der Waals surface area contributed by atoms with Crippen molar-refractivity contribution < 1.29 is 14.7 Å². The maximum atomic E-state index is 12.6. The lowest BCUT2D eigenvalue weighted by atomic mass is 9.81. The molecule has 2 aromatic carbocycles. The van der Waals surface area contributed by atoms with Crippen LogP contribution in [0.5, 0.6) is 0 Å². The molecular formula is C24H26ClNO3. The van der Waals surface area contributed by atoms with E-state index in [1.165, 1.54) is 0 Å². The highest BCUT2D eigenvalue weighted by Gasteiger charge is 2.60. The molecule has 4 nitrogen and oxygen atoms in total. The number of aliphatic carboxylic acids is 1. The SMILES string of the molecule is CCC(NC(=O)c1ccc(Cl)cc1)[C@H]1[C@@H]2C[C@H](C(C(=O)O)c3ccccc3)C[C@@H]21. The van der Waals surface area contributed by atoms with Crippen LogP contribution < -0.4 is 5.32 Å². The minimum atomic E-state index is -0.734. The van der Waals surface area contributed by atoms with Crippen LogP contribution in [0.25, 0.3) is 0 Å². The van der Waals surface area contributed by atoms with Gasteiger partial charge >= 0.3 is 5.97 Å². The van der Waals surface area contributed by atoms with Crippen molar-refractivity contribution in [2.75, 3.05) is 0 Å². The van der Waals surface area contributed by atoms with Crippen molar-refractivity contribution >= 4 is 23.5 Å². The highest BCUT2D eigenvalue weighted by molar-refractivity contribution is 6.30. The zero-order valence-corrected chi connectivity index (χ0v) is 17.2. The first-order chi connectivity index (χ1) is 14.0. The molecule has 2 aliphatic carbocycles. The summed E-state index contributed by atoms with van der Waals surface area (Å²) in [5.74, 6) is 0.420. The molecule has 0 aliphatic heterocycles. The van der Waals surface area contributed by atoms with E-state index in [2.05, 4.69) is 12.2 Å². The number of carbonyl (C=O) groups excluding carboxylic acids is 1. The summed E-state index contributed by atoms with van der Waals surface area (Å²) in [6.45, 7) is 2.10. The Labute approximate surface area is 176 Å². The molecule has 2 fully saturated rings. The van der Waals surface area contributed by atoms with Crippen LogP contribution in [-0.2, 0) is 4.79 Å². The third kappa shape index (κ3) is 4.04. The zero-order valence-electron chi connectivity index (χ0n) is 16.4. The van der Waals surface area contributed by atoms with Gasteiger partial charge in [0.15, 0.2) is 0 Å². The van der Waals surface area contributed by atoms with Crippen molar-refractivity contribution in [3.63, 3.8) is 0 Å². The quantitative estimate of drug-likeness (QED) is 0.674. The Kier molecular flexibility index (Phi) is 5.64. The molecule has 2 saturated carbocycles. The maximum Gasteiger partial charge on any atom is 0.311 e. The molecule has 0 radical (unpaired) electrons. The summed E-state index contributed by atoms with van der Waals surface area (Å²) in [6, 6.07) is 16.6. The summed E-state index contributed by atoms with van der Waals surface area (Å²) in [7, 11) is 0. The number of carboxylic acids is 1. The maximum absolute atomic E-state index is 12.6. The summed E-state index contributed by atoms with van der Waals surface area (Å²) in [5.41, 5.74) is 1.51. The Bertz CT molecular complexity index is 871. The van der Waals surface area contributed by atoms with Gasteiger partial charge in [0.2, 0.25) is 0 Å². The smallest absolute Gasteiger partial charge is 0.311 e. The summed E-state index contributed by atoms with van der Waals surface area (Å²) in [5, 5.41) is 13.6. The fraction of sp³-hybridized carbons (Fsp3) is 0.417. The molecule has 2 aromatic rings. The molecule has 5 heteroatoms. The lowest BCUT2D eigenvalue weighted by Gasteiger charge is -2.25. The highest BCUT2D eigenvalue weighted by Crippen LogP contribution is 2.63. The number of halogens is 1. The van der Waals surface area contributed by atoms with Crippen LogP contribution in [-0.4, -0.2) is 23.0 Å². The van der Waals surface area contributed by atoms with Crippen LogP contribution in [0, 0.1) is 23.7 Å². The molecule has 152 valence electrons. The van der Waals surface area contributed by atoms with Gasteiger partial charge < -0.3 is 10.4 Å². The van der Waals surface area contributed by atoms with Crippen LogP contribution in [0.15, 0.2) is 54.6 Å². The van der Waals surface area contributed by atoms with Crippen LogP contribution in [0.4, 0.5) is 0 Å². The van der Waals surface area contributed by atoms with Gasteiger partial charge in [0.25, 0.3) is 5.91 Å². The number of nitrogens with one attached hydrogen (secondary N) is 1. The zero-order chi connectivity index (χ0) is 20.5. The monoisotopic (exact) mass is 411 g/mol. The molecule has 29 heavy (non-hydrogen) atoms. The Morgan fingerprint density at radius 2 is 1.69 bits per heavy atom. The second-order valence-electron chi connectivity index (χ2n) is 8.36. The molecule has 2 N–H and O–H groups in total. The van der Waals surface area contributed by atoms with Gasteiger partial charge in [-0.15, -0.1) is 0 Å². The predicted molar refractivity (Wildman–Crippen MR) is 113 cm³/mol. The first kappa shape index (κ1) is 20.0. The Balaban J connectivity index is 1.39. The molecule has 2 aliphatic rings. The van der Waals surface area contributed by atoms with E-state index in [0.29, 0.717) is 28.3 Å². The minimum absolute atomic E-state index is 0.0669. The molecule has 0 saturated heterocycles. The van der Waals surface area contributed by atoms with Crippen LogP contribution in [0.1, 0.15) is 48.0 Å². The Morgan fingerprint density at radius 3 is 2.24 bits per heavy atom. The van der Waals surface area contributed by atoms with Crippen LogP contribution >= 0.6 is 11.6 Å². The standard InChI is InChI=1S/C24H26ClNO3/c1-2-20(26-23(27)15-8-10-17(25)11-9-15)22-18-12-16(13-19(18)22)21(24(28)29)14-6-4-3-5-7-14/h3-11,16,18-22H,2,12-13H2,1H3,(H,26,27)(H,28,29)/t16-,18+,19-,20?,21?,22-. The number of fused-ring (bicyclic) bond motifs is 1. The highest BCUT2D eigenvalue weighted by atomic mass is 35.5. The number of benzene rings is 2. The van der Waals surface area contributed by atoms with Gasteiger partial charge in [0.1, 0.15) is 0 Å². The molecule has 4 rings (SSSR count). The summed E-state index contributed by atoms with van der Waals surface area (Å²) in [4.78, 5) is 24.5. The minimum Gasteiger partial charge on any atom is -0.481 e. The lowest BCUT2D eigenvalue weighted by Crippen LogP contribution is -2.37. The third-order valence-corrected chi connectivity index (χ3v) is 7.02. The second-order valence-corrected chi connectivity index (χ2v) is 8.79. The van der Waals surface area contributed by atoms with Gasteiger partial charge in [0.05, 0.1) is 5.92 Å². The molecule has 0 aromatic heterocycles. The summed E-state index contributed by atoms with van der Waals surface area (Å²) in [6.07, 6.45) is 2.73. The molecule has 0 heterocycles. The lowest BCUT2D eigenvalue weighted by molar-refractivity contribution is -0.140. The van der Waals surface area contributed by atoms with Gasteiger partial charge in [-0.25, -0.2) is 0 Å². The third-order valence-electron chi connectivity index (χ3n) is 6.77. The molecule has 0 spiro atoms. The molecule has 2 unspecified atom stereocenters. The van der Waals surface area contributed by atoms with E-state index >= 15 is 0 Å². The Hall–Kier alpha value is -2.33. The van der Waals surface area contributed by atoms with Crippen molar-refractivity contribution in [2.24, 2.45) is 23.7 Å². The first-order valence-corrected chi connectivity index (χ1v) is 10.7. The molecule has 0 bridgehead atoms. The van der Waals surface area contributed by atoms with E-state index in [9.17, 15) is 14.7 Å². The normalized spacial score (nSPS) is 27.0. The van der Waals surface area contributed by atoms with Gasteiger partial charge in [-0.2, -0.15) is 0 Å². The number of rotatable bonds is 7. The number of amides is 1. The fourth-order valence-electron chi connectivity index (χ4n) is 5.40. The van der Waals surface area contributed by atoms with Gasteiger partial charge in [-0.1, -0.05) is 48.9 Å². The van der Waals surface area contributed by atoms with Crippen molar-refractivity contribution in [1.82, 2.24) is 5.32 Å². The van der Waals surface area contributed by atoms with E-state index in [4.69, 9.17) is 11.6 Å². The average molecular weight is 412 g/mol. The Morgan fingerprint density at radius 1 is 1.07 bits per heavy atom. The summed E-state index contributed by atoms with van der Waals surface area (Å²) < 4.78 is 0. The molecule has 1 amide bonds. The van der Waals surface area contributed by atoms with E-state index < -0.39 is 11.9 Å². The predicted octanol–water partition coefficient (Wildman–Crippen LogP) is 4.99. The summed E-state index contributed by atoms with van der Waals surface area (Å²) >= 11 is 5.91.